The van der Waals surface area contributed by atoms with E-state index < -0.39 is 42.1 Å². The molecule has 7 rings (SSSR count). The molecule has 200 valence electrons. The molecule has 0 radical (unpaired) electrons. The average Bonchev–Trinajstić information content (AvgIpc) is 2.97. The Morgan fingerprint density at radius 3 is 1.68 bits per heavy atom. The summed E-state index contributed by atoms with van der Waals surface area (Å²) in [4.78, 5) is 0. The van der Waals surface area contributed by atoms with E-state index >= 15 is 0 Å². The molecule has 3 aromatic rings. The van der Waals surface area contributed by atoms with Crippen LogP contribution in [0.4, 0.5) is 0 Å². The Bertz CT molecular complexity index is 1110. The highest BCUT2D eigenvalue weighted by Crippen LogP contribution is 2.56. The van der Waals surface area contributed by atoms with E-state index in [9.17, 15) is 5.11 Å². The van der Waals surface area contributed by atoms with Crippen LogP contribution in [0.1, 0.15) is 49.3 Å². The lowest BCUT2D eigenvalue weighted by Gasteiger charge is -2.66. The predicted octanol–water partition coefficient (Wildman–Crippen LogP) is 5.48. The van der Waals surface area contributed by atoms with Crippen molar-refractivity contribution < 1.29 is 28.8 Å². The van der Waals surface area contributed by atoms with Crippen LogP contribution in [-0.2, 0) is 42.9 Å². The third kappa shape index (κ3) is 4.70. The highest BCUT2D eigenvalue weighted by Gasteiger charge is 2.73. The first-order valence-corrected chi connectivity index (χ1v) is 13.8. The van der Waals surface area contributed by atoms with E-state index in [2.05, 4.69) is 6.92 Å². The lowest BCUT2D eigenvalue weighted by molar-refractivity contribution is -0.567. The van der Waals surface area contributed by atoms with Crippen molar-refractivity contribution in [3.8, 4) is 0 Å². The minimum Gasteiger partial charge on any atom is -0.384 e. The predicted molar refractivity (Wildman–Crippen MR) is 142 cm³/mol. The summed E-state index contributed by atoms with van der Waals surface area (Å²) in [5.74, 6) is -1.41. The van der Waals surface area contributed by atoms with E-state index in [0.717, 1.165) is 36.0 Å². The third-order valence-electron chi connectivity index (χ3n) is 7.96. The van der Waals surface area contributed by atoms with Gasteiger partial charge in [0.15, 0.2) is 0 Å². The molecule has 0 aromatic heterocycles. The molecule has 3 aromatic carbocycles. The lowest BCUT2D eigenvalue weighted by atomic mass is 9.69. The standard InChI is InChI=1S/C32H36O6/c1-2-3-13-20-31(33)29-27(34-21-23-14-7-4-8-15-23)26-28(35-22-24-16-9-5-10-17-24)30(31)38-32(36-26,37-29)25-18-11-6-12-19-25/h4-12,14-19,26-30,33H,2-3,13,20-22H2,1H3/t26?,27-,28+,29-,30+,31?,32?. The summed E-state index contributed by atoms with van der Waals surface area (Å²) < 4.78 is 32.8. The van der Waals surface area contributed by atoms with Gasteiger partial charge in [-0.1, -0.05) is 117 Å². The molecule has 38 heavy (non-hydrogen) atoms. The normalized spacial score (nSPS) is 33.5. The van der Waals surface area contributed by atoms with E-state index in [0.29, 0.717) is 19.6 Å². The van der Waals surface area contributed by atoms with Crippen LogP contribution in [0.25, 0.3) is 0 Å². The van der Waals surface area contributed by atoms with Gasteiger partial charge in [-0.3, -0.25) is 0 Å². The second-order valence-corrected chi connectivity index (χ2v) is 10.6. The van der Waals surface area contributed by atoms with Gasteiger partial charge in [-0.05, 0) is 17.5 Å². The highest BCUT2D eigenvalue weighted by molar-refractivity contribution is 5.25. The van der Waals surface area contributed by atoms with Crippen molar-refractivity contribution in [3.05, 3.63) is 108 Å². The fourth-order valence-corrected chi connectivity index (χ4v) is 6.02. The molecule has 4 aliphatic rings. The van der Waals surface area contributed by atoms with Crippen molar-refractivity contribution in [1.82, 2.24) is 0 Å². The Morgan fingerprint density at radius 1 is 0.684 bits per heavy atom. The van der Waals surface area contributed by atoms with Crippen LogP contribution >= 0.6 is 0 Å². The van der Waals surface area contributed by atoms with Crippen molar-refractivity contribution in [2.75, 3.05) is 0 Å². The van der Waals surface area contributed by atoms with E-state index in [4.69, 9.17) is 23.7 Å². The maximum Gasteiger partial charge on any atom is 0.313 e. The molecule has 1 aliphatic carbocycles. The summed E-state index contributed by atoms with van der Waals surface area (Å²) in [6, 6.07) is 29.8. The monoisotopic (exact) mass is 516 g/mol. The number of aliphatic hydroxyl groups is 1. The van der Waals surface area contributed by atoms with Gasteiger partial charge in [0, 0.05) is 5.56 Å². The van der Waals surface area contributed by atoms with E-state index in [1.165, 1.54) is 0 Å². The number of hydrogen-bond acceptors (Lipinski definition) is 6. The molecule has 3 unspecified atom stereocenters. The maximum atomic E-state index is 12.3. The Balaban J connectivity index is 1.35. The first-order chi connectivity index (χ1) is 18.6. The minimum atomic E-state index is -1.41. The van der Waals surface area contributed by atoms with Crippen molar-refractivity contribution >= 4 is 0 Å². The average molecular weight is 517 g/mol. The van der Waals surface area contributed by atoms with Gasteiger partial charge in [0.25, 0.3) is 0 Å². The molecule has 4 fully saturated rings. The van der Waals surface area contributed by atoms with E-state index in [-0.39, 0.29) is 0 Å². The maximum absolute atomic E-state index is 12.3. The zero-order chi connectivity index (χ0) is 26.0. The molecule has 3 heterocycles. The quantitative estimate of drug-likeness (QED) is 0.341. The Hall–Kier alpha value is -2.58. The van der Waals surface area contributed by atoms with Crippen LogP contribution in [0.3, 0.4) is 0 Å². The Labute approximate surface area is 224 Å². The summed E-state index contributed by atoms with van der Waals surface area (Å²) in [5, 5.41) is 12.3. The molecule has 1 saturated carbocycles. The van der Waals surface area contributed by atoms with Crippen molar-refractivity contribution in [2.45, 2.75) is 87.9 Å². The number of benzene rings is 3. The van der Waals surface area contributed by atoms with Gasteiger partial charge >= 0.3 is 5.97 Å². The zero-order valence-corrected chi connectivity index (χ0v) is 21.8. The number of ether oxygens (including phenoxy) is 5. The second-order valence-electron chi connectivity index (χ2n) is 10.6. The number of hydrogen-bond donors (Lipinski definition) is 1. The molecule has 7 atom stereocenters. The molecule has 0 spiro atoms. The summed E-state index contributed by atoms with van der Waals surface area (Å²) in [6.45, 7) is 2.92. The van der Waals surface area contributed by atoms with Crippen LogP contribution < -0.4 is 0 Å². The Kier molecular flexibility index (Phi) is 7.36. The van der Waals surface area contributed by atoms with Crippen LogP contribution in [0.2, 0.25) is 0 Å². The minimum absolute atomic E-state index is 0.380. The molecule has 0 amide bonds. The summed E-state index contributed by atoms with van der Waals surface area (Å²) in [6.07, 6.45) is 0.656. The number of rotatable bonds is 11. The van der Waals surface area contributed by atoms with Crippen LogP contribution in [0, 0.1) is 0 Å². The first-order valence-electron chi connectivity index (χ1n) is 13.8. The van der Waals surface area contributed by atoms with Gasteiger partial charge in [-0.25, -0.2) is 0 Å². The lowest BCUT2D eigenvalue weighted by Crippen LogP contribution is -2.83. The van der Waals surface area contributed by atoms with Gasteiger partial charge in [0.1, 0.15) is 36.1 Å². The summed E-state index contributed by atoms with van der Waals surface area (Å²) in [5.41, 5.74) is 1.58. The summed E-state index contributed by atoms with van der Waals surface area (Å²) >= 11 is 0. The highest BCUT2D eigenvalue weighted by atomic mass is 16.9. The molecular weight excluding hydrogens is 480 g/mol. The van der Waals surface area contributed by atoms with Crippen molar-refractivity contribution in [2.24, 2.45) is 0 Å². The SMILES string of the molecule is CCCCCC1(O)[C@@H]2OC3(c4ccccc4)OC([C@H]2OCc2ccccc2)[C@H](OCc2ccccc2)[C@@H]1O3. The molecule has 4 bridgehead atoms. The fraction of sp³-hybridized carbons (Fsp3) is 0.438. The number of unbranched alkanes of at least 4 members (excludes halogenated alkanes) is 2. The van der Waals surface area contributed by atoms with Gasteiger partial charge in [-0.2, -0.15) is 0 Å². The topological polar surface area (TPSA) is 66.4 Å². The molecule has 6 heteroatoms. The third-order valence-corrected chi connectivity index (χ3v) is 7.96. The molecule has 3 aliphatic heterocycles. The van der Waals surface area contributed by atoms with E-state index in [1.54, 1.807) is 0 Å². The van der Waals surface area contributed by atoms with Crippen LogP contribution in [-0.4, -0.2) is 41.2 Å². The van der Waals surface area contributed by atoms with Crippen molar-refractivity contribution in [1.29, 1.82) is 0 Å². The van der Waals surface area contributed by atoms with Gasteiger partial charge in [-0.15, -0.1) is 0 Å². The zero-order valence-electron chi connectivity index (χ0n) is 21.8. The smallest absolute Gasteiger partial charge is 0.313 e. The van der Waals surface area contributed by atoms with Crippen molar-refractivity contribution in [3.63, 3.8) is 0 Å². The van der Waals surface area contributed by atoms with Crippen LogP contribution in [0.5, 0.6) is 0 Å². The molecule has 6 nitrogen and oxygen atoms in total. The fourth-order valence-electron chi connectivity index (χ4n) is 6.02. The second kappa shape index (κ2) is 10.9. The van der Waals surface area contributed by atoms with Gasteiger partial charge in [0.05, 0.1) is 13.2 Å². The van der Waals surface area contributed by atoms with E-state index in [1.807, 2.05) is 91.0 Å². The van der Waals surface area contributed by atoms with Gasteiger partial charge in [0.2, 0.25) is 0 Å². The molecule has 3 saturated heterocycles. The Morgan fingerprint density at radius 2 is 1.18 bits per heavy atom. The summed E-state index contributed by atoms with van der Waals surface area (Å²) in [7, 11) is 0. The first kappa shape index (κ1) is 25.7. The van der Waals surface area contributed by atoms with Crippen LogP contribution in [0.15, 0.2) is 91.0 Å². The molecular formula is C32H36O6. The molecule has 1 N–H and O–H groups in total. The largest absolute Gasteiger partial charge is 0.384 e. The van der Waals surface area contributed by atoms with Gasteiger partial charge < -0.3 is 28.8 Å².